The summed E-state index contributed by atoms with van der Waals surface area (Å²) in [6.45, 7) is 0. The highest BCUT2D eigenvalue weighted by molar-refractivity contribution is 5.44. The SMILES string of the molecule is COc1ccc2c(c1)C13CCCCC1C(CCC3)C2. The lowest BCUT2D eigenvalue weighted by molar-refractivity contribution is 0.0521. The molecule has 0 aliphatic heterocycles. The van der Waals surface area contributed by atoms with Gasteiger partial charge in [0.1, 0.15) is 5.75 Å². The molecule has 3 unspecified atom stereocenters. The molecule has 0 saturated heterocycles. The summed E-state index contributed by atoms with van der Waals surface area (Å²) in [5.41, 5.74) is 3.81. The Morgan fingerprint density at radius 2 is 2.00 bits per heavy atom. The molecule has 4 rings (SSSR count). The molecule has 1 aromatic carbocycles. The summed E-state index contributed by atoms with van der Waals surface area (Å²) in [5, 5.41) is 0. The topological polar surface area (TPSA) is 9.23 Å². The molecule has 0 heterocycles. The van der Waals surface area contributed by atoms with Gasteiger partial charge in [0, 0.05) is 0 Å². The van der Waals surface area contributed by atoms with Crippen LogP contribution in [-0.4, -0.2) is 7.11 Å². The molecule has 3 atom stereocenters. The van der Waals surface area contributed by atoms with Crippen molar-refractivity contribution >= 4 is 0 Å². The van der Waals surface area contributed by atoms with Crippen molar-refractivity contribution in [1.29, 1.82) is 0 Å². The van der Waals surface area contributed by atoms with E-state index in [1.54, 1.807) is 18.2 Å². The van der Waals surface area contributed by atoms with E-state index in [1.807, 2.05) is 0 Å². The van der Waals surface area contributed by atoms with Crippen molar-refractivity contribution in [2.75, 3.05) is 7.11 Å². The summed E-state index contributed by atoms with van der Waals surface area (Å²) >= 11 is 0. The van der Waals surface area contributed by atoms with Gasteiger partial charge in [0.05, 0.1) is 7.11 Å². The maximum atomic E-state index is 5.49. The van der Waals surface area contributed by atoms with Crippen LogP contribution >= 0.6 is 0 Å². The fourth-order valence-corrected chi connectivity index (χ4v) is 5.46. The Hall–Kier alpha value is -0.980. The second-order valence-electron chi connectivity index (χ2n) is 6.89. The van der Waals surface area contributed by atoms with Gasteiger partial charge in [0.2, 0.25) is 0 Å². The van der Waals surface area contributed by atoms with Crippen molar-refractivity contribution in [3.63, 3.8) is 0 Å². The average Bonchev–Trinajstić information content (AvgIpc) is 2.47. The van der Waals surface area contributed by atoms with Crippen LogP contribution in [0.4, 0.5) is 0 Å². The number of rotatable bonds is 1. The molecule has 19 heavy (non-hydrogen) atoms. The Morgan fingerprint density at radius 1 is 1.11 bits per heavy atom. The molecule has 0 aromatic heterocycles. The van der Waals surface area contributed by atoms with Crippen molar-refractivity contribution in [1.82, 2.24) is 0 Å². The third kappa shape index (κ3) is 1.60. The Morgan fingerprint density at radius 3 is 2.89 bits per heavy atom. The highest BCUT2D eigenvalue weighted by Gasteiger charge is 2.51. The largest absolute Gasteiger partial charge is 0.497 e. The quantitative estimate of drug-likeness (QED) is 0.720. The Labute approximate surface area is 116 Å². The lowest BCUT2D eigenvalue weighted by Crippen LogP contribution is -2.49. The van der Waals surface area contributed by atoms with Crippen molar-refractivity contribution in [3.8, 4) is 5.75 Å². The van der Waals surface area contributed by atoms with E-state index >= 15 is 0 Å². The van der Waals surface area contributed by atoms with Crippen LogP contribution < -0.4 is 4.74 Å². The van der Waals surface area contributed by atoms with Crippen molar-refractivity contribution < 1.29 is 4.74 Å². The summed E-state index contributed by atoms with van der Waals surface area (Å²) in [6.07, 6.45) is 11.5. The molecule has 0 spiro atoms. The number of hydrogen-bond acceptors (Lipinski definition) is 1. The van der Waals surface area contributed by atoms with E-state index in [4.69, 9.17) is 4.74 Å². The minimum atomic E-state index is 0.517. The minimum absolute atomic E-state index is 0.517. The first kappa shape index (κ1) is 11.8. The fraction of sp³-hybridized carbons (Fsp3) is 0.667. The number of hydrogen-bond donors (Lipinski definition) is 0. The standard InChI is InChI=1S/C18H24O/c1-19-15-8-7-14-11-13-5-4-10-18(17(14)12-15)9-3-2-6-16(13)18/h7-8,12-13,16H,2-6,9-11H2,1H3. The first-order valence-corrected chi connectivity index (χ1v) is 8.01. The molecule has 2 fully saturated rings. The van der Waals surface area contributed by atoms with E-state index in [2.05, 4.69) is 18.2 Å². The van der Waals surface area contributed by atoms with Gasteiger partial charge in [0.25, 0.3) is 0 Å². The maximum Gasteiger partial charge on any atom is 0.119 e. The Kier molecular flexibility index (Phi) is 2.65. The molecule has 3 aliphatic carbocycles. The van der Waals surface area contributed by atoms with Gasteiger partial charge in [-0.1, -0.05) is 25.3 Å². The van der Waals surface area contributed by atoms with E-state index in [9.17, 15) is 0 Å². The van der Waals surface area contributed by atoms with E-state index in [1.165, 1.54) is 51.4 Å². The molecule has 0 radical (unpaired) electrons. The Balaban J connectivity index is 1.88. The summed E-state index contributed by atoms with van der Waals surface area (Å²) in [4.78, 5) is 0. The zero-order chi connectivity index (χ0) is 12.9. The monoisotopic (exact) mass is 256 g/mol. The molecule has 102 valence electrons. The smallest absolute Gasteiger partial charge is 0.119 e. The van der Waals surface area contributed by atoms with E-state index < -0.39 is 0 Å². The van der Waals surface area contributed by atoms with Gasteiger partial charge in [-0.05, 0) is 72.6 Å². The molecule has 1 aromatic rings. The van der Waals surface area contributed by atoms with E-state index in [0.717, 1.165) is 17.6 Å². The normalized spacial score (nSPS) is 36.3. The highest BCUT2D eigenvalue weighted by atomic mass is 16.5. The molecule has 0 amide bonds. The third-order valence-electron chi connectivity index (χ3n) is 6.20. The van der Waals surface area contributed by atoms with Gasteiger partial charge >= 0.3 is 0 Å². The second kappa shape index (κ2) is 4.26. The van der Waals surface area contributed by atoms with Crippen LogP contribution in [-0.2, 0) is 11.8 Å². The van der Waals surface area contributed by atoms with Gasteiger partial charge < -0.3 is 4.74 Å². The van der Waals surface area contributed by atoms with Crippen LogP contribution in [0.25, 0.3) is 0 Å². The van der Waals surface area contributed by atoms with Gasteiger partial charge in [-0.25, -0.2) is 0 Å². The lowest BCUT2D eigenvalue weighted by atomic mass is 9.49. The molecule has 3 aliphatic rings. The van der Waals surface area contributed by atoms with Gasteiger partial charge in [-0.2, -0.15) is 0 Å². The van der Waals surface area contributed by atoms with Crippen LogP contribution in [0.3, 0.4) is 0 Å². The summed E-state index contributed by atoms with van der Waals surface area (Å²) in [6, 6.07) is 6.88. The molecule has 1 heteroatoms. The van der Waals surface area contributed by atoms with E-state index in [0.29, 0.717) is 5.41 Å². The van der Waals surface area contributed by atoms with Crippen LogP contribution in [0.5, 0.6) is 5.75 Å². The number of benzene rings is 1. The highest BCUT2D eigenvalue weighted by Crippen LogP contribution is 2.58. The second-order valence-corrected chi connectivity index (χ2v) is 6.89. The van der Waals surface area contributed by atoms with Gasteiger partial charge in [-0.3, -0.25) is 0 Å². The zero-order valence-corrected chi connectivity index (χ0v) is 12.0. The first-order valence-electron chi connectivity index (χ1n) is 8.01. The van der Waals surface area contributed by atoms with Crippen molar-refractivity contribution in [2.24, 2.45) is 11.8 Å². The van der Waals surface area contributed by atoms with Crippen LogP contribution in [0.15, 0.2) is 18.2 Å². The fourth-order valence-electron chi connectivity index (χ4n) is 5.46. The predicted octanol–water partition coefficient (Wildman–Crippen LogP) is 4.48. The van der Waals surface area contributed by atoms with Crippen LogP contribution in [0.1, 0.15) is 56.1 Å². The van der Waals surface area contributed by atoms with Gasteiger partial charge in [0.15, 0.2) is 0 Å². The third-order valence-corrected chi connectivity index (χ3v) is 6.20. The first-order chi connectivity index (χ1) is 9.33. The zero-order valence-electron chi connectivity index (χ0n) is 12.0. The lowest BCUT2D eigenvalue weighted by Gasteiger charge is -2.55. The molecule has 0 N–H and O–H groups in total. The summed E-state index contributed by atoms with van der Waals surface area (Å²) in [7, 11) is 1.80. The molecular weight excluding hydrogens is 232 g/mol. The van der Waals surface area contributed by atoms with Crippen molar-refractivity contribution in [3.05, 3.63) is 29.3 Å². The number of fused-ring (bicyclic) bond motifs is 1. The van der Waals surface area contributed by atoms with Gasteiger partial charge in [-0.15, -0.1) is 0 Å². The van der Waals surface area contributed by atoms with E-state index in [-0.39, 0.29) is 0 Å². The van der Waals surface area contributed by atoms with Crippen LogP contribution in [0, 0.1) is 11.8 Å². The van der Waals surface area contributed by atoms with Crippen LogP contribution in [0.2, 0.25) is 0 Å². The average molecular weight is 256 g/mol. The summed E-state index contributed by atoms with van der Waals surface area (Å²) in [5.74, 6) is 2.99. The number of ether oxygens (including phenoxy) is 1. The maximum absolute atomic E-state index is 5.49. The predicted molar refractivity (Wildman–Crippen MR) is 77.7 cm³/mol. The minimum Gasteiger partial charge on any atom is -0.497 e. The molecule has 2 bridgehead atoms. The number of methoxy groups -OCH3 is 1. The Bertz CT molecular complexity index is 488. The molecule has 1 nitrogen and oxygen atoms in total. The summed E-state index contributed by atoms with van der Waals surface area (Å²) < 4.78 is 5.49. The molecular formula is C18H24O. The molecule has 2 saturated carbocycles. The van der Waals surface area contributed by atoms with Crippen molar-refractivity contribution in [2.45, 2.75) is 56.8 Å².